The normalized spacial score (nSPS) is 13.9. The largest absolute Gasteiger partial charge is 0.495 e. The van der Waals surface area contributed by atoms with Gasteiger partial charge in [0.2, 0.25) is 0 Å². The molecule has 0 bridgehead atoms. The monoisotopic (exact) mass is 240 g/mol. The van der Waals surface area contributed by atoms with Crippen LogP contribution >= 0.6 is 11.3 Å². The lowest BCUT2D eigenvalue weighted by molar-refractivity contribution is -0.140. The van der Waals surface area contributed by atoms with Crippen LogP contribution in [-0.4, -0.2) is 18.4 Å². The number of ether oxygens (including phenoxy) is 1. The van der Waals surface area contributed by atoms with Crippen molar-refractivity contribution >= 4 is 11.3 Å². The lowest BCUT2D eigenvalue weighted by Crippen LogP contribution is -2.09. The summed E-state index contributed by atoms with van der Waals surface area (Å²) in [6.07, 6.45) is -6.66. The molecule has 0 fully saturated rings. The molecule has 1 N–H and O–H groups in total. The first-order valence-corrected chi connectivity index (χ1v) is 5.18. The number of alkyl halides is 3. The molecule has 1 atom stereocenters. The Morgan fingerprint density at radius 1 is 1.53 bits per heavy atom. The smallest absolute Gasteiger partial charge is 0.389 e. The molecule has 1 heterocycles. The van der Waals surface area contributed by atoms with Crippen molar-refractivity contribution in [1.82, 2.24) is 0 Å². The molecule has 15 heavy (non-hydrogen) atoms. The summed E-state index contributed by atoms with van der Waals surface area (Å²) in [5, 5.41) is 11.2. The van der Waals surface area contributed by atoms with E-state index in [1.54, 1.807) is 11.4 Å². The Morgan fingerprint density at radius 2 is 2.20 bits per heavy atom. The number of methoxy groups -OCH3 is 1. The molecule has 0 aromatic carbocycles. The van der Waals surface area contributed by atoms with E-state index >= 15 is 0 Å². The highest BCUT2D eigenvalue weighted by Crippen LogP contribution is 2.35. The van der Waals surface area contributed by atoms with Crippen LogP contribution in [0.15, 0.2) is 11.4 Å². The Labute approximate surface area is 89.3 Å². The van der Waals surface area contributed by atoms with Gasteiger partial charge in [-0.25, -0.2) is 0 Å². The molecule has 0 aliphatic rings. The summed E-state index contributed by atoms with van der Waals surface area (Å²) in [6, 6.07) is 1.62. The van der Waals surface area contributed by atoms with Gasteiger partial charge in [-0.3, -0.25) is 0 Å². The Kier molecular flexibility index (Phi) is 3.98. The number of hydrogen-bond acceptors (Lipinski definition) is 3. The van der Waals surface area contributed by atoms with Crippen LogP contribution < -0.4 is 4.74 Å². The van der Waals surface area contributed by atoms with Crippen molar-refractivity contribution in [2.24, 2.45) is 0 Å². The molecule has 0 spiro atoms. The molecule has 6 heteroatoms. The average molecular weight is 240 g/mol. The molecule has 0 saturated carbocycles. The number of aliphatic hydroxyl groups is 1. The minimum atomic E-state index is -4.23. The second-order valence-corrected chi connectivity index (χ2v) is 3.97. The van der Waals surface area contributed by atoms with Gasteiger partial charge in [-0.05, 0) is 17.9 Å². The summed E-state index contributed by atoms with van der Waals surface area (Å²) in [7, 11) is 1.42. The van der Waals surface area contributed by atoms with Crippen molar-refractivity contribution in [2.45, 2.75) is 25.1 Å². The van der Waals surface area contributed by atoms with E-state index in [1.807, 2.05) is 0 Å². The third-order valence-electron chi connectivity index (χ3n) is 1.88. The number of thiophene rings is 1. The van der Waals surface area contributed by atoms with Crippen LogP contribution in [0.2, 0.25) is 0 Å². The summed E-state index contributed by atoms with van der Waals surface area (Å²) in [5.41, 5.74) is 0. The Bertz CT molecular complexity index is 309. The molecular formula is C9H11F3O2S. The molecule has 2 nitrogen and oxygen atoms in total. The average Bonchev–Trinajstić information content (AvgIpc) is 2.60. The summed E-state index contributed by atoms with van der Waals surface area (Å²) in [5.74, 6) is 0.440. The van der Waals surface area contributed by atoms with E-state index in [0.29, 0.717) is 10.6 Å². The van der Waals surface area contributed by atoms with Crippen molar-refractivity contribution in [3.8, 4) is 5.75 Å². The van der Waals surface area contributed by atoms with Crippen molar-refractivity contribution in [3.63, 3.8) is 0 Å². The lowest BCUT2D eigenvalue weighted by atomic mass is 10.1. The topological polar surface area (TPSA) is 29.5 Å². The number of halogens is 3. The van der Waals surface area contributed by atoms with Crippen LogP contribution in [0, 0.1) is 0 Å². The minimum absolute atomic E-state index is 0.333. The zero-order chi connectivity index (χ0) is 11.5. The van der Waals surface area contributed by atoms with Crippen molar-refractivity contribution in [2.75, 3.05) is 7.11 Å². The quantitative estimate of drug-likeness (QED) is 0.876. The summed E-state index contributed by atoms with van der Waals surface area (Å²) in [4.78, 5) is 0.446. The van der Waals surface area contributed by atoms with E-state index in [4.69, 9.17) is 4.74 Å². The maximum absolute atomic E-state index is 11.9. The van der Waals surface area contributed by atoms with Gasteiger partial charge < -0.3 is 9.84 Å². The van der Waals surface area contributed by atoms with E-state index in [-0.39, 0.29) is 6.42 Å². The predicted octanol–water partition coefficient (Wildman–Crippen LogP) is 3.13. The van der Waals surface area contributed by atoms with Gasteiger partial charge in [0.1, 0.15) is 5.75 Å². The van der Waals surface area contributed by atoms with E-state index in [0.717, 1.165) is 0 Å². The third kappa shape index (κ3) is 3.71. The predicted molar refractivity (Wildman–Crippen MR) is 51.1 cm³/mol. The lowest BCUT2D eigenvalue weighted by Gasteiger charge is -2.12. The van der Waals surface area contributed by atoms with Gasteiger partial charge in [0.25, 0.3) is 0 Å². The number of rotatable bonds is 4. The van der Waals surface area contributed by atoms with E-state index in [2.05, 4.69) is 0 Å². The van der Waals surface area contributed by atoms with E-state index in [1.165, 1.54) is 18.4 Å². The van der Waals surface area contributed by atoms with Crippen LogP contribution in [0.25, 0.3) is 0 Å². The SMILES string of the molecule is COc1ccsc1C(O)CCC(F)(F)F. The van der Waals surface area contributed by atoms with Crippen LogP contribution in [0.4, 0.5) is 13.2 Å². The fourth-order valence-corrected chi connectivity index (χ4v) is 2.03. The van der Waals surface area contributed by atoms with Gasteiger partial charge in [-0.1, -0.05) is 0 Å². The van der Waals surface area contributed by atoms with Crippen molar-refractivity contribution < 1.29 is 23.0 Å². The molecular weight excluding hydrogens is 229 g/mol. The maximum atomic E-state index is 11.9. The Balaban J connectivity index is 2.57. The highest BCUT2D eigenvalue weighted by Gasteiger charge is 2.29. The van der Waals surface area contributed by atoms with Crippen LogP contribution in [0.5, 0.6) is 5.75 Å². The van der Waals surface area contributed by atoms with Crippen molar-refractivity contribution in [3.05, 3.63) is 16.3 Å². The Hall–Kier alpha value is -0.750. The minimum Gasteiger partial charge on any atom is -0.495 e. The summed E-state index contributed by atoms with van der Waals surface area (Å²) < 4.78 is 40.6. The molecule has 1 unspecified atom stereocenters. The van der Waals surface area contributed by atoms with Gasteiger partial charge in [-0.2, -0.15) is 13.2 Å². The second-order valence-electron chi connectivity index (χ2n) is 3.02. The first-order chi connectivity index (χ1) is 6.94. The second kappa shape index (κ2) is 4.85. The standard InChI is InChI=1S/C9H11F3O2S/c1-14-7-3-5-15-8(7)6(13)2-4-9(10,11)12/h3,5-6,13H,2,4H2,1H3. The van der Waals surface area contributed by atoms with E-state index in [9.17, 15) is 18.3 Å². The summed E-state index contributed by atoms with van der Waals surface area (Å²) >= 11 is 1.19. The highest BCUT2D eigenvalue weighted by molar-refractivity contribution is 7.10. The molecule has 0 aliphatic heterocycles. The van der Waals surface area contributed by atoms with E-state index < -0.39 is 18.7 Å². The molecule has 1 aromatic rings. The molecule has 0 aliphatic carbocycles. The van der Waals surface area contributed by atoms with Gasteiger partial charge in [-0.15, -0.1) is 11.3 Å². The van der Waals surface area contributed by atoms with Gasteiger partial charge in [0.15, 0.2) is 0 Å². The Morgan fingerprint density at radius 3 is 2.73 bits per heavy atom. The summed E-state index contributed by atoms with van der Waals surface area (Å²) in [6.45, 7) is 0. The molecule has 1 aromatic heterocycles. The van der Waals surface area contributed by atoms with Crippen LogP contribution in [0.1, 0.15) is 23.8 Å². The fourth-order valence-electron chi connectivity index (χ4n) is 1.15. The van der Waals surface area contributed by atoms with Gasteiger partial charge in [0, 0.05) is 6.42 Å². The number of hydrogen-bond donors (Lipinski definition) is 1. The van der Waals surface area contributed by atoms with Gasteiger partial charge in [0.05, 0.1) is 18.1 Å². The van der Waals surface area contributed by atoms with Gasteiger partial charge >= 0.3 is 6.18 Å². The van der Waals surface area contributed by atoms with Crippen LogP contribution in [0.3, 0.4) is 0 Å². The zero-order valence-electron chi connectivity index (χ0n) is 8.04. The van der Waals surface area contributed by atoms with Crippen molar-refractivity contribution in [1.29, 1.82) is 0 Å². The highest BCUT2D eigenvalue weighted by atomic mass is 32.1. The molecule has 1 rings (SSSR count). The number of aliphatic hydroxyl groups excluding tert-OH is 1. The first kappa shape index (κ1) is 12.3. The third-order valence-corrected chi connectivity index (χ3v) is 2.88. The maximum Gasteiger partial charge on any atom is 0.389 e. The van der Waals surface area contributed by atoms with Crippen LogP contribution in [-0.2, 0) is 0 Å². The fraction of sp³-hybridized carbons (Fsp3) is 0.556. The molecule has 0 radical (unpaired) electrons. The molecule has 86 valence electrons. The zero-order valence-corrected chi connectivity index (χ0v) is 8.86. The molecule has 0 amide bonds. The molecule has 0 saturated heterocycles. The first-order valence-electron chi connectivity index (χ1n) is 4.30.